The summed E-state index contributed by atoms with van der Waals surface area (Å²) >= 11 is 3.23. The number of hydrogen-bond acceptors (Lipinski definition) is 3. The van der Waals surface area contributed by atoms with E-state index >= 15 is 0 Å². The van der Waals surface area contributed by atoms with Crippen molar-refractivity contribution in [2.24, 2.45) is 0 Å². The Bertz CT molecular complexity index is 614. The predicted molar refractivity (Wildman–Crippen MR) is 69.2 cm³/mol. The highest BCUT2D eigenvalue weighted by Gasteiger charge is 2.15. The van der Waals surface area contributed by atoms with Gasteiger partial charge in [0, 0.05) is 6.20 Å². The smallest absolute Gasteiger partial charge is 0.262 e. The second-order valence-corrected chi connectivity index (χ2v) is 5.79. The van der Waals surface area contributed by atoms with Gasteiger partial charge in [0.25, 0.3) is 10.0 Å². The van der Waals surface area contributed by atoms with Crippen molar-refractivity contribution >= 4 is 31.8 Å². The van der Waals surface area contributed by atoms with Crippen LogP contribution in [0.25, 0.3) is 0 Å². The van der Waals surface area contributed by atoms with Gasteiger partial charge in [-0.2, -0.15) is 0 Å². The highest BCUT2D eigenvalue weighted by molar-refractivity contribution is 9.10. The summed E-state index contributed by atoms with van der Waals surface area (Å²) in [5, 5.41) is 0. The Balaban J connectivity index is 2.34. The number of rotatable bonds is 3. The number of hydrogen-bond donors (Lipinski definition) is 1. The lowest BCUT2D eigenvalue weighted by atomic mass is 10.4. The number of nitrogens with zero attached hydrogens (tertiary/aromatic N) is 1. The highest BCUT2D eigenvalue weighted by atomic mass is 79.9. The zero-order chi connectivity index (χ0) is 12.3. The summed E-state index contributed by atoms with van der Waals surface area (Å²) in [6.45, 7) is 0. The van der Waals surface area contributed by atoms with Crippen molar-refractivity contribution in [3.63, 3.8) is 0 Å². The molecule has 1 heterocycles. The fourth-order valence-corrected chi connectivity index (χ4v) is 2.78. The van der Waals surface area contributed by atoms with E-state index in [-0.39, 0.29) is 10.7 Å². The molecule has 0 saturated heterocycles. The zero-order valence-corrected chi connectivity index (χ0v) is 11.1. The summed E-state index contributed by atoms with van der Waals surface area (Å²) in [5.74, 6) is 0.274. The second kappa shape index (κ2) is 4.85. The molecule has 1 aromatic heterocycles. The first kappa shape index (κ1) is 12.1. The maximum absolute atomic E-state index is 12.0. The first-order chi connectivity index (χ1) is 8.09. The number of halogens is 1. The number of nitrogens with one attached hydrogen (secondary N) is 1. The molecule has 0 saturated carbocycles. The van der Waals surface area contributed by atoms with Crippen molar-refractivity contribution in [3.8, 4) is 0 Å². The average molecular weight is 313 g/mol. The van der Waals surface area contributed by atoms with Crippen LogP contribution in [0.1, 0.15) is 0 Å². The van der Waals surface area contributed by atoms with Crippen LogP contribution in [-0.4, -0.2) is 13.4 Å². The molecule has 6 heteroatoms. The summed E-state index contributed by atoms with van der Waals surface area (Å²) in [4.78, 5) is 4.16. The molecule has 17 heavy (non-hydrogen) atoms. The van der Waals surface area contributed by atoms with Gasteiger partial charge >= 0.3 is 0 Å². The lowest BCUT2D eigenvalue weighted by Gasteiger charge is -2.08. The normalized spacial score (nSPS) is 11.1. The van der Waals surface area contributed by atoms with E-state index in [9.17, 15) is 8.42 Å². The monoisotopic (exact) mass is 312 g/mol. The quantitative estimate of drug-likeness (QED) is 0.947. The third-order valence-corrected chi connectivity index (χ3v) is 4.04. The molecule has 2 aromatic rings. The summed E-state index contributed by atoms with van der Waals surface area (Å²) in [7, 11) is -3.58. The number of pyridine rings is 1. The van der Waals surface area contributed by atoms with Gasteiger partial charge in [0.05, 0.1) is 9.37 Å². The molecule has 0 amide bonds. The Labute approximate surface area is 108 Å². The van der Waals surface area contributed by atoms with Gasteiger partial charge in [-0.3, -0.25) is 4.72 Å². The van der Waals surface area contributed by atoms with Crippen molar-refractivity contribution in [3.05, 3.63) is 53.1 Å². The van der Waals surface area contributed by atoms with Crippen molar-refractivity contribution in [1.82, 2.24) is 4.98 Å². The molecular formula is C11H9BrN2O2S. The maximum atomic E-state index is 12.0. The Morgan fingerprint density at radius 2 is 1.76 bits per heavy atom. The summed E-state index contributed by atoms with van der Waals surface area (Å²) in [6, 6.07) is 11.6. The first-order valence-electron chi connectivity index (χ1n) is 4.78. The Kier molecular flexibility index (Phi) is 3.44. The summed E-state index contributed by atoms with van der Waals surface area (Å²) in [5.41, 5.74) is 0. The van der Waals surface area contributed by atoms with Crippen molar-refractivity contribution in [2.75, 3.05) is 4.72 Å². The lowest BCUT2D eigenvalue weighted by Crippen LogP contribution is -2.14. The molecule has 0 atom stereocenters. The van der Waals surface area contributed by atoms with E-state index in [0.717, 1.165) is 0 Å². The molecule has 1 aromatic carbocycles. The Morgan fingerprint density at radius 1 is 1.06 bits per heavy atom. The largest absolute Gasteiger partial charge is 0.263 e. The maximum Gasteiger partial charge on any atom is 0.263 e. The third kappa shape index (κ3) is 2.83. The minimum absolute atomic E-state index is 0.206. The molecule has 0 unspecified atom stereocenters. The van der Waals surface area contributed by atoms with E-state index in [1.54, 1.807) is 30.3 Å². The van der Waals surface area contributed by atoms with Gasteiger partial charge in [-0.15, -0.1) is 0 Å². The summed E-state index contributed by atoms with van der Waals surface area (Å²) in [6.07, 6.45) is 1.52. The highest BCUT2D eigenvalue weighted by Crippen LogP contribution is 2.21. The van der Waals surface area contributed by atoms with E-state index in [2.05, 4.69) is 25.6 Å². The van der Waals surface area contributed by atoms with Crippen LogP contribution in [-0.2, 0) is 10.0 Å². The van der Waals surface area contributed by atoms with E-state index in [1.165, 1.54) is 18.3 Å². The molecular weight excluding hydrogens is 304 g/mol. The molecule has 1 N–H and O–H groups in total. The average Bonchev–Trinajstić information content (AvgIpc) is 2.33. The van der Waals surface area contributed by atoms with Gasteiger partial charge in [-0.1, -0.05) is 18.2 Å². The summed E-state index contributed by atoms with van der Waals surface area (Å²) < 4.78 is 27.0. The van der Waals surface area contributed by atoms with Crippen molar-refractivity contribution in [2.45, 2.75) is 4.90 Å². The number of sulfonamides is 1. The molecule has 0 spiro atoms. The van der Waals surface area contributed by atoms with Gasteiger partial charge < -0.3 is 0 Å². The van der Waals surface area contributed by atoms with Crippen LogP contribution in [0.3, 0.4) is 0 Å². The van der Waals surface area contributed by atoms with Gasteiger partial charge in [0.1, 0.15) is 0 Å². The fourth-order valence-electron chi connectivity index (χ4n) is 1.25. The van der Waals surface area contributed by atoms with E-state index in [1.807, 2.05) is 0 Å². The first-order valence-corrected chi connectivity index (χ1v) is 7.05. The van der Waals surface area contributed by atoms with Gasteiger partial charge in [-0.05, 0) is 40.2 Å². The van der Waals surface area contributed by atoms with Crippen LogP contribution in [0, 0.1) is 0 Å². The van der Waals surface area contributed by atoms with E-state index in [4.69, 9.17) is 0 Å². The molecule has 0 aliphatic rings. The van der Waals surface area contributed by atoms with Crippen molar-refractivity contribution in [1.29, 1.82) is 0 Å². The second-order valence-electron chi connectivity index (χ2n) is 3.25. The lowest BCUT2D eigenvalue weighted by molar-refractivity contribution is 0.601. The SMILES string of the molecule is O=S(=O)(Nc1ncccc1Br)c1ccccc1. The van der Waals surface area contributed by atoms with Crippen LogP contribution in [0.15, 0.2) is 58.0 Å². The predicted octanol–water partition coefficient (Wildman–Crippen LogP) is 2.64. The Hall–Kier alpha value is -1.40. The molecule has 0 aliphatic carbocycles. The van der Waals surface area contributed by atoms with Crippen LogP contribution in [0.4, 0.5) is 5.82 Å². The van der Waals surface area contributed by atoms with Crippen molar-refractivity contribution < 1.29 is 8.42 Å². The fraction of sp³-hybridized carbons (Fsp3) is 0. The van der Waals surface area contributed by atoms with Gasteiger partial charge in [-0.25, -0.2) is 13.4 Å². The standard InChI is InChI=1S/C11H9BrN2O2S/c12-10-7-4-8-13-11(10)14-17(15,16)9-5-2-1-3-6-9/h1-8H,(H,13,14). The van der Waals surface area contributed by atoms with Crippen LogP contribution in [0.2, 0.25) is 0 Å². The number of aromatic nitrogens is 1. The Morgan fingerprint density at radius 3 is 2.41 bits per heavy atom. The van der Waals surface area contributed by atoms with Crippen LogP contribution < -0.4 is 4.72 Å². The molecule has 0 aliphatic heterocycles. The number of benzene rings is 1. The minimum Gasteiger partial charge on any atom is -0.262 e. The zero-order valence-electron chi connectivity index (χ0n) is 8.67. The van der Waals surface area contributed by atoms with Gasteiger partial charge in [0.2, 0.25) is 0 Å². The molecule has 0 fully saturated rings. The number of anilines is 1. The van der Waals surface area contributed by atoms with Crippen LogP contribution >= 0.6 is 15.9 Å². The van der Waals surface area contributed by atoms with Gasteiger partial charge in [0.15, 0.2) is 5.82 Å². The molecule has 4 nitrogen and oxygen atoms in total. The van der Waals surface area contributed by atoms with E-state index in [0.29, 0.717) is 4.47 Å². The molecule has 2 rings (SSSR count). The van der Waals surface area contributed by atoms with E-state index < -0.39 is 10.0 Å². The molecule has 0 radical (unpaired) electrons. The molecule has 0 bridgehead atoms. The molecule has 88 valence electrons. The third-order valence-electron chi connectivity index (χ3n) is 2.04. The topological polar surface area (TPSA) is 59.1 Å². The van der Waals surface area contributed by atoms with Crippen LogP contribution in [0.5, 0.6) is 0 Å². The minimum atomic E-state index is -3.58.